The number of aliphatic hydroxyl groups excluding tert-OH is 2. The molecule has 2 aromatic rings. The Labute approximate surface area is 305 Å². The number of aliphatic hydroxyl groups is 2. The molecular weight excluding hydrogens is 693 g/mol. The first-order valence-corrected chi connectivity index (χ1v) is 20.9. The molecule has 282 valence electrons. The van der Waals surface area contributed by atoms with Gasteiger partial charge in [0.05, 0.1) is 48.2 Å². The minimum Gasteiger partial charge on any atom is -0.390 e. The van der Waals surface area contributed by atoms with Gasteiger partial charge in [-0.05, 0) is 56.9 Å². The molecule has 3 aliphatic rings. The van der Waals surface area contributed by atoms with Crippen molar-refractivity contribution in [2.45, 2.75) is 107 Å². The number of sulfone groups is 1. The summed E-state index contributed by atoms with van der Waals surface area (Å²) in [7, 11) is -4.20. The van der Waals surface area contributed by atoms with Crippen molar-refractivity contribution >= 4 is 38.9 Å². The first-order chi connectivity index (χ1) is 24.4. The largest absolute Gasteiger partial charge is 0.390 e. The third-order valence-electron chi connectivity index (χ3n) is 10.7. The number of ether oxygens (including phenoxy) is 1. The van der Waals surface area contributed by atoms with E-state index in [0.29, 0.717) is 31.2 Å². The van der Waals surface area contributed by atoms with Gasteiger partial charge in [-0.25, -0.2) is 13.4 Å². The molecule has 0 spiro atoms. The summed E-state index contributed by atoms with van der Waals surface area (Å²) < 4.78 is 31.6. The average Bonchev–Trinajstić information content (AvgIpc) is 3.86. The van der Waals surface area contributed by atoms with Gasteiger partial charge in [-0.3, -0.25) is 14.4 Å². The summed E-state index contributed by atoms with van der Waals surface area (Å²) in [6, 6.07) is 7.18. The van der Waals surface area contributed by atoms with Crippen LogP contribution < -0.4 is 10.6 Å². The zero-order valence-corrected chi connectivity index (χ0v) is 31.4. The van der Waals surface area contributed by atoms with Gasteiger partial charge in [0.1, 0.15) is 16.9 Å². The number of nitrogens with one attached hydrogen (secondary N) is 2. The Morgan fingerprint density at radius 3 is 2.29 bits per heavy atom. The molecule has 4 N–H and O–H groups in total. The SMILES string of the molecule is CC(C)(C(=O)N1CCOCC1)S(=O)(=O)C[C@@H](Cc1ccccc1)C(=O)N[C@@H](Cc1cscn1)C(=O)N[C@@H](CC1CCCCC1)[C@@H](O)[C@@H](O)C1CC1. The quantitative estimate of drug-likeness (QED) is 0.190. The van der Waals surface area contributed by atoms with Gasteiger partial charge < -0.3 is 30.5 Å². The highest BCUT2D eigenvalue weighted by molar-refractivity contribution is 7.93. The third-order valence-corrected chi connectivity index (χ3v) is 13.9. The summed E-state index contributed by atoms with van der Waals surface area (Å²) in [6.45, 7) is 3.97. The molecule has 14 heteroatoms. The molecule has 51 heavy (non-hydrogen) atoms. The zero-order valence-electron chi connectivity index (χ0n) is 29.7. The van der Waals surface area contributed by atoms with E-state index in [-0.39, 0.29) is 31.8 Å². The van der Waals surface area contributed by atoms with Crippen LogP contribution in [0.4, 0.5) is 0 Å². The third kappa shape index (κ3) is 10.6. The number of carbonyl (C=O) groups is 3. The monoisotopic (exact) mass is 746 g/mol. The molecule has 1 aliphatic heterocycles. The van der Waals surface area contributed by atoms with Crippen LogP contribution in [0.2, 0.25) is 0 Å². The van der Waals surface area contributed by atoms with Gasteiger partial charge >= 0.3 is 0 Å². The van der Waals surface area contributed by atoms with Gasteiger partial charge in [0, 0.05) is 24.9 Å². The minimum absolute atomic E-state index is 0.00339. The second kappa shape index (κ2) is 17.7. The van der Waals surface area contributed by atoms with Crippen molar-refractivity contribution in [1.29, 1.82) is 0 Å². The molecule has 2 saturated carbocycles. The van der Waals surface area contributed by atoms with E-state index in [0.717, 1.165) is 50.5 Å². The number of carbonyl (C=O) groups excluding carboxylic acids is 3. The lowest BCUT2D eigenvalue weighted by molar-refractivity contribution is -0.137. The lowest BCUT2D eigenvalue weighted by Crippen LogP contribution is -2.57. The Morgan fingerprint density at radius 2 is 1.67 bits per heavy atom. The number of morpholine rings is 1. The molecule has 2 heterocycles. The molecule has 12 nitrogen and oxygen atoms in total. The van der Waals surface area contributed by atoms with E-state index in [4.69, 9.17) is 4.74 Å². The van der Waals surface area contributed by atoms with E-state index >= 15 is 0 Å². The Kier molecular flexibility index (Phi) is 13.7. The van der Waals surface area contributed by atoms with E-state index in [9.17, 15) is 33.0 Å². The Morgan fingerprint density at radius 1 is 0.980 bits per heavy atom. The number of rotatable bonds is 17. The molecular formula is C37H54N4O8S2. The molecule has 5 atom stereocenters. The van der Waals surface area contributed by atoms with Crippen LogP contribution in [0.3, 0.4) is 0 Å². The van der Waals surface area contributed by atoms with Crippen LogP contribution in [0.5, 0.6) is 0 Å². The van der Waals surface area contributed by atoms with E-state index in [2.05, 4.69) is 15.6 Å². The molecule has 1 aromatic heterocycles. The number of benzene rings is 1. The predicted molar refractivity (Wildman–Crippen MR) is 195 cm³/mol. The first-order valence-electron chi connectivity index (χ1n) is 18.3. The van der Waals surface area contributed by atoms with E-state index < -0.39 is 68.3 Å². The van der Waals surface area contributed by atoms with Crippen molar-refractivity contribution in [2.24, 2.45) is 17.8 Å². The summed E-state index contributed by atoms with van der Waals surface area (Å²) in [6.07, 6.45) is 5.42. The predicted octanol–water partition coefficient (Wildman–Crippen LogP) is 2.67. The van der Waals surface area contributed by atoms with Crippen LogP contribution in [-0.4, -0.2) is 107 Å². The van der Waals surface area contributed by atoms with Crippen LogP contribution in [-0.2, 0) is 41.8 Å². The second-order valence-electron chi connectivity index (χ2n) is 15.0. The van der Waals surface area contributed by atoms with Crippen LogP contribution in [0, 0.1) is 17.8 Å². The second-order valence-corrected chi connectivity index (χ2v) is 18.3. The van der Waals surface area contributed by atoms with Gasteiger partial charge in [0.15, 0.2) is 9.84 Å². The fourth-order valence-electron chi connectivity index (χ4n) is 7.23. The standard InChI is InChI=1S/C37H54N4O8S2/c1-37(2,36(46)41-15-17-49-18-16-41)51(47,48)23-28(19-25-9-5-3-6-10-25)34(44)40-31(21-29-22-50-24-38-29)35(45)39-30(20-26-11-7-4-8-12-26)33(43)32(42)27-13-14-27/h3,5-6,9-10,22,24,26-28,30-33,42-43H,4,7-8,11-21,23H2,1-2H3,(H,39,45)(H,40,44)/t28-,30+,31+,32+,33-/m1/s1. The average molecular weight is 747 g/mol. The van der Waals surface area contributed by atoms with Crippen molar-refractivity contribution in [3.05, 3.63) is 52.5 Å². The van der Waals surface area contributed by atoms with Crippen molar-refractivity contribution < 1.29 is 37.8 Å². The Balaban J connectivity index is 1.38. The van der Waals surface area contributed by atoms with Crippen LogP contribution in [0.25, 0.3) is 0 Å². The van der Waals surface area contributed by atoms with Gasteiger partial charge in [-0.15, -0.1) is 11.3 Å². The van der Waals surface area contributed by atoms with Crippen molar-refractivity contribution in [1.82, 2.24) is 20.5 Å². The highest BCUT2D eigenvalue weighted by Crippen LogP contribution is 2.36. The summed E-state index contributed by atoms with van der Waals surface area (Å²) in [5.74, 6) is -3.17. The van der Waals surface area contributed by atoms with Crippen molar-refractivity contribution in [2.75, 3.05) is 32.1 Å². The van der Waals surface area contributed by atoms with Gasteiger partial charge in [-0.1, -0.05) is 62.4 Å². The number of hydrogen-bond acceptors (Lipinski definition) is 10. The van der Waals surface area contributed by atoms with Gasteiger partial charge in [-0.2, -0.15) is 0 Å². The fourth-order valence-corrected chi connectivity index (χ4v) is 9.41. The highest BCUT2D eigenvalue weighted by atomic mass is 32.2. The molecule has 2 aliphatic carbocycles. The van der Waals surface area contributed by atoms with E-state index in [1.807, 2.05) is 6.07 Å². The zero-order chi connectivity index (χ0) is 36.6. The molecule has 5 rings (SSSR count). The number of aromatic nitrogens is 1. The molecule has 3 fully saturated rings. The number of amides is 3. The minimum atomic E-state index is -4.20. The number of hydrogen-bond donors (Lipinski definition) is 4. The number of nitrogens with zero attached hydrogens (tertiary/aromatic N) is 2. The summed E-state index contributed by atoms with van der Waals surface area (Å²) >= 11 is 1.35. The molecule has 0 radical (unpaired) electrons. The molecule has 1 aromatic carbocycles. The molecule has 1 saturated heterocycles. The summed E-state index contributed by atoms with van der Waals surface area (Å²) in [5, 5.41) is 29.8. The van der Waals surface area contributed by atoms with Crippen molar-refractivity contribution in [3.8, 4) is 0 Å². The Bertz CT molecular complexity index is 1540. The van der Waals surface area contributed by atoms with Crippen LogP contribution in [0.1, 0.15) is 76.5 Å². The maximum Gasteiger partial charge on any atom is 0.243 e. The van der Waals surface area contributed by atoms with E-state index in [1.165, 1.54) is 30.1 Å². The van der Waals surface area contributed by atoms with Crippen LogP contribution in [0.15, 0.2) is 41.2 Å². The maximum absolute atomic E-state index is 14.2. The van der Waals surface area contributed by atoms with Crippen molar-refractivity contribution in [3.63, 3.8) is 0 Å². The topological polar surface area (TPSA) is 175 Å². The molecule has 3 amide bonds. The lowest BCUT2D eigenvalue weighted by Gasteiger charge is -2.35. The Hall–Kier alpha value is -2.91. The normalized spacial score (nSPS) is 20.5. The lowest BCUT2D eigenvalue weighted by atomic mass is 9.82. The highest BCUT2D eigenvalue weighted by Gasteiger charge is 2.46. The first kappa shape index (κ1) is 39.3. The van der Waals surface area contributed by atoms with Gasteiger partial charge in [0.2, 0.25) is 17.7 Å². The molecule has 0 unspecified atom stereocenters. The van der Waals surface area contributed by atoms with Gasteiger partial charge in [0.25, 0.3) is 0 Å². The smallest absolute Gasteiger partial charge is 0.243 e. The maximum atomic E-state index is 14.2. The van der Waals surface area contributed by atoms with Crippen LogP contribution >= 0.6 is 11.3 Å². The summed E-state index contributed by atoms with van der Waals surface area (Å²) in [4.78, 5) is 47.7. The molecule has 0 bridgehead atoms. The fraction of sp³-hybridized carbons (Fsp3) is 0.676. The number of thiazole rings is 1. The summed E-state index contributed by atoms with van der Waals surface area (Å²) in [5.41, 5.74) is 2.94. The van der Waals surface area contributed by atoms with E-state index in [1.54, 1.807) is 35.2 Å².